The Morgan fingerprint density at radius 1 is 1.41 bits per heavy atom. The lowest BCUT2D eigenvalue weighted by Crippen LogP contribution is -2.49. The summed E-state index contributed by atoms with van der Waals surface area (Å²) in [7, 11) is 0. The van der Waals surface area contributed by atoms with Crippen LogP contribution in [0.3, 0.4) is 0 Å². The van der Waals surface area contributed by atoms with Crippen LogP contribution in [0.25, 0.3) is 0 Å². The van der Waals surface area contributed by atoms with E-state index < -0.39 is 5.60 Å². The number of rotatable bonds is 4. The van der Waals surface area contributed by atoms with Gasteiger partial charge in [0.1, 0.15) is 10.6 Å². The molecule has 124 valence electrons. The molecule has 1 aliphatic rings. The summed E-state index contributed by atoms with van der Waals surface area (Å²) in [5, 5.41) is 2.96. The molecule has 1 aromatic heterocycles. The molecule has 0 atom stereocenters. The average molecular weight is 326 g/mol. The number of carbonyl (C=O) groups is 1. The normalized spacial score (nSPS) is 18.3. The molecule has 22 heavy (non-hydrogen) atoms. The van der Waals surface area contributed by atoms with E-state index in [0.717, 1.165) is 24.3 Å². The van der Waals surface area contributed by atoms with E-state index in [1.165, 1.54) is 0 Å². The second-order valence-electron chi connectivity index (χ2n) is 6.72. The molecule has 1 aliphatic heterocycles. The van der Waals surface area contributed by atoms with Crippen LogP contribution < -0.4 is 0 Å². The largest absolute Gasteiger partial charge is 0.444 e. The third-order valence-electron chi connectivity index (χ3n) is 3.96. The van der Waals surface area contributed by atoms with Gasteiger partial charge in [-0.05, 0) is 40.0 Å². The number of carbonyl (C=O) groups excluding carboxylic acids is 1. The number of thiazole rings is 1. The van der Waals surface area contributed by atoms with Gasteiger partial charge in [0.25, 0.3) is 0 Å². The van der Waals surface area contributed by atoms with E-state index in [1.54, 1.807) is 22.4 Å². The van der Waals surface area contributed by atoms with Crippen molar-refractivity contribution in [2.45, 2.75) is 64.8 Å². The van der Waals surface area contributed by atoms with Crippen molar-refractivity contribution in [1.82, 2.24) is 9.88 Å². The van der Waals surface area contributed by atoms with E-state index in [1.807, 2.05) is 26.2 Å². The van der Waals surface area contributed by atoms with E-state index in [4.69, 9.17) is 9.47 Å². The molecule has 5 nitrogen and oxygen atoms in total. The zero-order chi connectivity index (χ0) is 16.2. The average Bonchev–Trinajstić information content (AvgIpc) is 2.97. The van der Waals surface area contributed by atoms with Crippen molar-refractivity contribution in [2.75, 3.05) is 13.1 Å². The van der Waals surface area contributed by atoms with Gasteiger partial charge in [-0.2, -0.15) is 0 Å². The second kappa shape index (κ2) is 6.96. The fraction of sp³-hybridized carbons (Fsp3) is 0.750. The van der Waals surface area contributed by atoms with Gasteiger partial charge in [-0.3, -0.25) is 0 Å². The standard InChI is InChI=1S/C16H26N2O3S/c1-5-16(20-12-13-17-8-11-22-13)6-9-18(10-7-16)14(19)21-15(2,3)4/h8,11H,5-7,9-10,12H2,1-4H3. The Morgan fingerprint density at radius 3 is 2.59 bits per heavy atom. The molecule has 2 heterocycles. The Bertz CT molecular complexity index is 474. The van der Waals surface area contributed by atoms with E-state index in [0.29, 0.717) is 19.7 Å². The van der Waals surface area contributed by atoms with Crippen LogP contribution in [0.1, 0.15) is 52.0 Å². The van der Waals surface area contributed by atoms with Gasteiger partial charge >= 0.3 is 6.09 Å². The highest BCUT2D eigenvalue weighted by Gasteiger charge is 2.36. The highest BCUT2D eigenvalue weighted by Crippen LogP contribution is 2.31. The third kappa shape index (κ3) is 4.68. The minimum absolute atomic E-state index is 0.149. The lowest BCUT2D eigenvalue weighted by atomic mass is 9.88. The van der Waals surface area contributed by atoms with Crippen molar-refractivity contribution < 1.29 is 14.3 Å². The smallest absolute Gasteiger partial charge is 0.410 e. The molecule has 0 aromatic carbocycles. The molecule has 0 radical (unpaired) electrons. The summed E-state index contributed by atoms with van der Waals surface area (Å²) in [5.74, 6) is 0. The minimum atomic E-state index is -0.447. The summed E-state index contributed by atoms with van der Waals surface area (Å²) in [6.07, 6.45) is 4.20. The number of hydrogen-bond acceptors (Lipinski definition) is 5. The van der Waals surface area contributed by atoms with Crippen LogP contribution in [0.2, 0.25) is 0 Å². The van der Waals surface area contributed by atoms with Crippen LogP contribution in [-0.2, 0) is 16.1 Å². The van der Waals surface area contributed by atoms with Gasteiger partial charge in [0, 0.05) is 24.7 Å². The lowest BCUT2D eigenvalue weighted by molar-refractivity contribution is -0.0954. The minimum Gasteiger partial charge on any atom is -0.444 e. The summed E-state index contributed by atoms with van der Waals surface area (Å²) in [6.45, 7) is 9.73. The first-order chi connectivity index (χ1) is 10.3. The number of ether oxygens (including phenoxy) is 2. The van der Waals surface area contributed by atoms with Crippen LogP contribution in [0.15, 0.2) is 11.6 Å². The van der Waals surface area contributed by atoms with Crippen molar-refractivity contribution in [3.63, 3.8) is 0 Å². The highest BCUT2D eigenvalue weighted by molar-refractivity contribution is 7.09. The van der Waals surface area contributed by atoms with Crippen LogP contribution in [0.5, 0.6) is 0 Å². The first-order valence-electron chi connectivity index (χ1n) is 7.84. The van der Waals surface area contributed by atoms with Crippen molar-refractivity contribution >= 4 is 17.4 Å². The van der Waals surface area contributed by atoms with Crippen LogP contribution in [-0.4, -0.2) is 40.3 Å². The fourth-order valence-electron chi connectivity index (χ4n) is 2.56. The maximum absolute atomic E-state index is 12.1. The van der Waals surface area contributed by atoms with Gasteiger partial charge in [0.2, 0.25) is 0 Å². The van der Waals surface area contributed by atoms with E-state index >= 15 is 0 Å². The zero-order valence-corrected chi connectivity index (χ0v) is 14.7. The van der Waals surface area contributed by atoms with Gasteiger partial charge in [-0.1, -0.05) is 6.92 Å². The predicted molar refractivity (Wildman–Crippen MR) is 87.0 cm³/mol. The maximum Gasteiger partial charge on any atom is 0.410 e. The topological polar surface area (TPSA) is 51.7 Å². The number of hydrogen-bond donors (Lipinski definition) is 0. The molecule has 0 N–H and O–H groups in total. The molecule has 6 heteroatoms. The first kappa shape index (κ1) is 17.2. The number of piperidine rings is 1. The first-order valence-corrected chi connectivity index (χ1v) is 8.72. The number of likely N-dealkylation sites (tertiary alicyclic amines) is 1. The maximum atomic E-state index is 12.1. The molecule has 2 rings (SSSR count). The molecule has 1 fully saturated rings. The summed E-state index contributed by atoms with van der Waals surface area (Å²) in [6, 6.07) is 0. The third-order valence-corrected chi connectivity index (χ3v) is 4.71. The molecule has 1 saturated heterocycles. The molecule has 0 aliphatic carbocycles. The van der Waals surface area contributed by atoms with Gasteiger partial charge in [-0.25, -0.2) is 9.78 Å². The molecule has 0 unspecified atom stereocenters. The van der Waals surface area contributed by atoms with Gasteiger partial charge < -0.3 is 14.4 Å². The van der Waals surface area contributed by atoms with Crippen LogP contribution in [0.4, 0.5) is 4.79 Å². The van der Waals surface area contributed by atoms with E-state index in [2.05, 4.69) is 11.9 Å². The van der Waals surface area contributed by atoms with Crippen LogP contribution in [0, 0.1) is 0 Å². The summed E-state index contributed by atoms with van der Waals surface area (Å²) >= 11 is 1.61. The van der Waals surface area contributed by atoms with Crippen molar-refractivity contribution in [2.24, 2.45) is 0 Å². The predicted octanol–water partition coefficient (Wildman–Crippen LogP) is 3.84. The SMILES string of the molecule is CCC1(OCc2nccs2)CCN(C(=O)OC(C)(C)C)CC1. The van der Waals surface area contributed by atoms with Gasteiger partial charge in [0.15, 0.2) is 0 Å². The zero-order valence-electron chi connectivity index (χ0n) is 13.9. The van der Waals surface area contributed by atoms with E-state index in [-0.39, 0.29) is 11.7 Å². The lowest BCUT2D eigenvalue weighted by Gasteiger charge is -2.41. The number of nitrogens with zero attached hydrogens (tertiary/aromatic N) is 2. The van der Waals surface area contributed by atoms with Crippen molar-refractivity contribution in [1.29, 1.82) is 0 Å². The summed E-state index contributed by atoms with van der Waals surface area (Å²) < 4.78 is 11.6. The van der Waals surface area contributed by atoms with Gasteiger partial charge in [-0.15, -0.1) is 11.3 Å². The Balaban J connectivity index is 1.86. The molecular formula is C16H26N2O3S. The fourth-order valence-corrected chi connectivity index (χ4v) is 3.09. The number of amides is 1. The van der Waals surface area contributed by atoms with Crippen molar-refractivity contribution in [3.8, 4) is 0 Å². The molecule has 1 amide bonds. The highest BCUT2D eigenvalue weighted by atomic mass is 32.1. The van der Waals surface area contributed by atoms with E-state index in [9.17, 15) is 4.79 Å². The molecule has 0 bridgehead atoms. The second-order valence-corrected chi connectivity index (χ2v) is 7.70. The Morgan fingerprint density at radius 2 is 2.09 bits per heavy atom. The quantitative estimate of drug-likeness (QED) is 0.843. The van der Waals surface area contributed by atoms with Crippen molar-refractivity contribution in [3.05, 3.63) is 16.6 Å². The van der Waals surface area contributed by atoms with Gasteiger partial charge in [0.05, 0.1) is 12.2 Å². The molecule has 0 saturated carbocycles. The monoisotopic (exact) mass is 326 g/mol. The molecule has 0 spiro atoms. The molecular weight excluding hydrogens is 300 g/mol. The Hall–Kier alpha value is -1.14. The summed E-state index contributed by atoms with van der Waals surface area (Å²) in [5.41, 5.74) is -0.595. The Labute approximate surface area is 136 Å². The molecule has 1 aromatic rings. The number of aromatic nitrogens is 1. The Kier molecular flexibility index (Phi) is 5.45. The summed E-state index contributed by atoms with van der Waals surface area (Å²) in [4.78, 5) is 18.2. The van der Waals surface area contributed by atoms with Crippen LogP contribution >= 0.6 is 11.3 Å².